The molecule has 2 bridgehead atoms. The summed E-state index contributed by atoms with van der Waals surface area (Å²) in [5.41, 5.74) is 2.01. The maximum absolute atomic E-state index is 14.5. The van der Waals surface area contributed by atoms with Gasteiger partial charge in [0.25, 0.3) is 0 Å². The average Bonchev–Trinajstić information content (AvgIpc) is 3.64. The summed E-state index contributed by atoms with van der Waals surface area (Å²) in [5.74, 6) is 0.834. The normalized spacial score (nSPS) is 25.9. The number of rotatable bonds is 5. The first-order valence-electron chi connectivity index (χ1n) is 16.7. The number of alkyl halides is 1. The second-order valence-corrected chi connectivity index (χ2v) is 14.7. The predicted octanol–water partition coefficient (Wildman–Crippen LogP) is 6.09. The Kier molecular flexibility index (Phi) is 7.16. The number of aromatic hydroxyl groups is 1. The molecule has 10 nitrogen and oxygen atoms in total. The molecule has 0 radical (unpaired) electrons. The highest BCUT2D eigenvalue weighted by molar-refractivity contribution is 5.99. The summed E-state index contributed by atoms with van der Waals surface area (Å²) >= 11 is 0. The molecule has 1 N–H and O–H groups in total. The number of halogens is 1. The zero-order chi connectivity index (χ0) is 32.5. The van der Waals surface area contributed by atoms with E-state index in [4.69, 9.17) is 24.4 Å². The Labute approximate surface area is 273 Å². The molecular formula is C36H41FN6O4. The summed E-state index contributed by atoms with van der Waals surface area (Å²) in [6.07, 6.45) is 4.82. The molecule has 2 aromatic carbocycles. The average molecular weight is 641 g/mol. The molecule has 6 heterocycles. The van der Waals surface area contributed by atoms with Crippen LogP contribution < -0.4 is 9.64 Å². The highest BCUT2D eigenvalue weighted by atomic mass is 19.1. The van der Waals surface area contributed by atoms with Gasteiger partial charge in [-0.2, -0.15) is 9.97 Å². The SMILES string of the molecule is CC(C)(C)OC(=O)N1C2CCC1CN(c1nc(OC[C@@]34CCCN3C[C@H](F)C4)nc3cc(-c4cc(O)cc5ccccc45)cnc13)C2. The number of amides is 1. The molecule has 47 heavy (non-hydrogen) atoms. The van der Waals surface area contributed by atoms with Crippen LogP contribution in [-0.2, 0) is 4.74 Å². The van der Waals surface area contributed by atoms with Crippen LogP contribution in [0, 0.1) is 0 Å². The second kappa shape index (κ2) is 11.2. The predicted molar refractivity (Wildman–Crippen MR) is 178 cm³/mol. The Morgan fingerprint density at radius 3 is 2.66 bits per heavy atom. The van der Waals surface area contributed by atoms with Gasteiger partial charge in [0.1, 0.15) is 29.6 Å². The molecule has 4 aliphatic rings. The molecule has 4 aliphatic heterocycles. The monoisotopic (exact) mass is 640 g/mol. The number of carbonyl (C=O) groups excluding carboxylic acids is 1. The quantitative estimate of drug-likeness (QED) is 0.277. The van der Waals surface area contributed by atoms with Gasteiger partial charge >= 0.3 is 12.1 Å². The van der Waals surface area contributed by atoms with E-state index in [0.29, 0.717) is 49.5 Å². The molecule has 4 aromatic rings. The van der Waals surface area contributed by atoms with Crippen molar-refractivity contribution in [3.63, 3.8) is 0 Å². The lowest BCUT2D eigenvalue weighted by Crippen LogP contribution is -2.57. The highest BCUT2D eigenvalue weighted by Gasteiger charge is 2.50. The van der Waals surface area contributed by atoms with Crippen LogP contribution in [0.4, 0.5) is 15.0 Å². The molecule has 0 saturated carbocycles. The fourth-order valence-electron chi connectivity index (χ4n) is 8.28. The molecule has 4 atom stereocenters. The summed E-state index contributed by atoms with van der Waals surface area (Å²) in [7, 11) is 0. The van der Waals surface area contributed by atoms with Gasteiger partial charge < -0.3 is 19.5 Å². The number of fused-ring (bicyclic) bond motifs is 5. The van der Waals surface area contributed by atoms with Crippen molar-refractivity contribution in [1.82, 2.24) is 24.8 Å². The van der Waals surface area contributed by atoms with Crippen molar-refractivity contribution >= 4 is 33.7 Å². The molecule has 1 amide bonds. The highest BCUT2D eigenvalue weighted by Crippen LogP contribution is 2.41. The van der Waals surface area contributed by atoms with Gasteiger partial charge in [-0.1, -0.05) is 24.3 Å². The largest absolute Gasteiger partial charge is 0.508 e. The van der Waals surface area contributed by atoms with Crippen LogP contribution in [0.25, 0.3) is 32.9 Å². The van der Waals surface area contributed by atoms with Crippen molar-refractivity contribution in [3.8, 4) is 22.9 Å². The van der Waals surface area contributed by atoms with Gasteiger partial charge in [0.15, 0.2) is 5.82 Å². The van der Waals surface area contributed by atoms with Crippen LogP contribution in [0.15, 0.2) is 48.7 Å². The number of anilines is 1. The van der Waals surface area contributed by atoms with E-state index in [2.05, 4.69) is 9.80 Å². The number of piperazine rings is 1. The van der Waals surface area contributed by atoms with Gasteiger partial charge in [-0.3, -0.25) is 14.8 Å². The fraction of sp³-hybridized carbons (Fsp3) is 0.500. The van der Waals surface area contributed by atoms with E-state index in [0.717, 1.165) is 54.1 Å². The summed E-state index contributed by atoms with van der Waals surface area (Å²) in [6, 6.07) is 13.6. The molecule has 2 unspecified atom stereocenters. The molecule has 2 aromatic heterocycles. The number of hydrogen-bond acceptors (Lipinski definition) is 9. The van der Waals surface area contributed by atoms with E-state index in [1.807, 2.05) is 56.0 Å². The third-order valence-corrected chi connectivity index (χ3v) is 10.3. The van der Waals surface area contributed by atoms with Crippen molar-refractivity contribution in [2.45, 2.75) is 82.3 Å². The molecule has 8 rings (SSSR count). The number of benzene rings is 2. The maximum atomic E-state index is 14.5. The molecule has 0 aliphatic carbocycles. The molecule has 4 saturated heterocycles. The number of aromatic nitrogens is 3. The van der Waals surface area contributed by atoms with Crippen molar-refractivity contribution in [2.24, 2.45) is 0 Å². The number of phenols is 1. The third kappa shape index (κ3) is 5.48. The Morgan fingerprint density at radius 2 is 1.87 bits per heavy atom. The lowest BCUT2D eigenvalue weighted by molar-refractivity contribution is 0.0122. The van der Waals surface area contributed by atoms with E-state index in [-0.39, 0.29) is 35.5 Å². The first kappa shape index (κ1) is 30.1. The Bertz CT molecular complexity index is 1850. The molecule has 11 heteroatoms. The van der Waals surface area contributed by atoms with Gasteiger partial charge in [0.05, 0.1) is 23.1 Å². The molecule has 0 spiro atoms. The zero-order valence-electron chi connectivity index (χ0n) is 27.2. The molecule has 4 fully saturated rings. The smallest absolute Gasteiger partial charge is 0.410 e. The number of ether oxygens (including phenoxy) is 2. The molecule has 246 valence electrons. The van der Waals surface area contributed by atoms with Crippen molar-refractivity contribution in [3.05, 3.63) is 48.7 Å². The molecular weight excluding hydrogens is 599 g/mol. The Morgan fingerprint density at radius 1 is 1.09 bits per heavy atom. The van der Waals surface area contributed by atoms with E-state index in [1.54, 1.807) is 18.3 Å². The van der Waals surface area contributed by atoms with Crippen LogP contribution in [0.5, 0.6) is 11.8 Å². The summed E-state index contributed by atoms with van der Waals surface area (Å²) in [4.78, 5) is 34.2. The summed E-state index contributed by atoms with van der Waals surface area (Å²) in [5, 5.41) is 12.5. The number of nitrogens with zero attached hydrogens (tertiary/aromatic N) is 6. The van der Waals surface area contributed by atoms with Crippen molar-refractivity contribution < 1.29 is 23.8 Å². The van der Waals surface area contributed by atoms with Crippen LogP contribution in [0.1, 0.15) is 52.9 Å². The van der Waals surface area contributed by atoms with Crippen molar-refractivity contribution in [2.75, 3.05) is 37.7 Å². The Balaban J connectivity index is 1.17. The van der Waals surface area contributed by atoms with Crippen LogP contribution in [0.3, 0.4) is 0 Å². The minimum atomic E-state index is -0.854. The fourth-order valence-corrected chi connectivity index (χ4v) is 8.28. The standard InChI is InChI=1S/C36H41FN6O4/c1-35(2,3)47-34(45)43-25-9-10-26(43)20-41(19-25)32-31-30(39-33(40-32)46-21-36-11-6-12-42(36)18-24(37)16-36)14-23(17-38-31)29-15-27(44)13-22-7-4-5-8-28(22)29/h4-5,7-8,13-15,17,24-26,44H,6,9-12,16,18-21H2,1-3H3/t24-,25?,26?,36+/m1/s1. The van der Waals surface area contributed by atoms with Crippen LogP contribution >= 0.6 is 0 Å². The lowest BCUT2D eigenvalue weighted by Gasteiger charge is -2.41. The Hall–Kier alpha value is -4.25. The topological polar surface area (TPSA) is 104 Å². The third-order valence-electron chi connectivity index (χ3n) is 10.3. The van der Waals surface area contributed by atoms with Crippen LogP contribution in [0.2, 0.25) is 0 Å². The zero-order valence-corrected chi connectivity index (χ0v) is 27.2. The van der Waals surface area contributed by atoms with Gasteiger partial charge in [-0.15, -0.1) is 0 Å². The minimum absolute atomic E-state index is 0.0122. The number of hydrogen-bond donors (Lipinski definition) is 1. The van der Waals surface area contributed by atoms with Gasteiger partial charge in [-0.25, -0.2) is 9.18 Å². The number of phenolic OH excluding ortho intramolecular Hbond substituents is 1. The maximum Gasteiger partial charge on any atom is 0.410 e. The second-order valence-electron chi connectivity index (χ2n) is 14.7. The van der Waals surface area contributed by atoms with E-state index in [1.165, 1.54) is 0 Å². The lowest BCUT2D eigenvalue weighted by atomic mass is 9.95. The minimum Gasteiger partial charge on any atom is -0.508 e. The van der Waals surface area contributed by atoms with Gasteiger partial charge in [0.2, 0.25) is 0 Å². The number of carbonyl (C=O) groups is 1. The van der Waals surface area contributed by atoms with Gasteiger partial charge in [0, 0.05) is 37.8 Å². The van der Waals surface area contributed by atoms with Crippen LogP contribution in [-0.4, -0.2) is 98.1 Å². The first-order valence-corrected chi connectivity index (χ1v) is 16.7. The summed E-state index contributed by atoms with van der Waals surface area (Å²) in [6.45, 7) is 8.49. The number of pyridine rings is 1. The first-order chi connectivity index (χ1) is 22.5. The summed E-state index contributed by atoms with van der Waals surface area (Å²) < 4.78 is 26.7. The van der Waals surface area contributed by atoms with E-state index < -0.39 is 11.8 Å². The van der Waals surface area contributed by atoms with E-state index in [9.17, 15) is 14.3 Å². The van der Waals surface area contributed by atoms with Gasteiger partial charge in [-0.05, 0) is 87.5 Å². The van der Waals surface area contributed by atoms with E-state index >= 15 is 0 Å². The van der Waals surface area contributed by atoms with Crippen molar-refractivity contribution in [1.29, 1.82) is 0 Å².